The van der Waals surface area contributed by atoms with Gasteiger partial charge in [0.1, 0.15) is 15.8 Å². The van der Waals surface area contributed by atoms with Gasteiger partial charge in [0.15, 0.2) is 0 Å². The first-order chi connectivity index (χ1) is 9.82. The minimum absolute atomic E-state index is 0.0256. The van der Waals surface area contributed by atoms with E-state index in [-0.39, 0.29) is 22.3 Å². The van der Waals surface area contributed by atoms with E-state index >= 15 is 0 Å². The summed E-state index contributed by atoms with van der Waals surface area (Å²) in [7, 11) is -2.39. The third-order valence-corrected chi connectivity index (χ3v) is 5.51. The van der Waals surface area contributed by atoms with Crippen LogP contribution in [0.2, 0.25) is 5.15 Å². The van der Waals surface area contributed by atoms with E-state index in [9.17, 15) is 13.5 Å². The Balaban J connectivity index is 2.35. The highest BCUT2D eigenvalue weighted by atomic mass is 79.9. The van der Waals surface area contributed by atoms with E-state index in [4.69, 9.17) is 11.6 Å². The molecule has 0 spiro atoms. The van der Waals surface area contributed by atoms with Gasteiger partial charge in [0.05, 0.1) is 0 Å². The number of nitrogens with zero attached hydrogens (tertiary/aromatic N) is 2. The average molecular weight is 392 g/mol. The van der Waals surface area contributed by atoms with E-state index in [1.165, 1.54) is 25.4 Å². The number of pyridine rings is 1. The molecule has 8 heteroatoms. The maximum Gasteiger partial charge on any atom is 0.246 e. The molecule has 112 valence electrons. The van der Waals surface area contributed by atoms with Crippen molar-refractivity contribution >= 4 is 37.6 Å². The number of halogens is 2. The third-order valence-electron chi connectivity index (χ3n) is 2.85. The van der Waals surface area contributed by atoms with E-state index in [1.54, 1.807) is 18.2 Å². The molecular formula is C13H12BrClN2O3S. The van der Waals surface area contributed by atoms with E-state index in [0.29, 0.717) is 10.0 Å². The second kappa shape index (κ2) is 6.31. The Kier molecular flexibility index (Phi) is 4.88. The molecule has 1 N–H and O–H groups in total. The molecule has 2 aromatic rings. The van der Waals surface area contributed by atoms with Crippen LogP contribution in [0.25, 0.3) is 0 Å². The molecule has 1 aromatic heterocycles. The van der Waals surface area contributed by atoms with Crippen LogP contribution in [0.3, 0.4) is 0 Å². The van der Waals surface area contributed by atoms with Crippen molar-refractivity contribution in [3.8, 4) is 5.75 Å². The van der Waals surface area contributed by atoms with Crippen LogP contribution < -0.4 is 0 Å². The normalized spacial score (nSPS) is 11.8. The van der Waals surface area contributed by atoms with Crippen molar-refractivity contribution < 1.29 is 13.5 Å². The van der Waals surface area contributed by atoms with Gasteiger partial charge in [0.25, 0.3) is 0 Å². The fourth-order valence-electron chi connectivity index (χ4n) is 1.72. The molecule has 0 saturated heterocycles. The molecule has 0 saturated carbocycles. The monoisotopic (exact) mass is 390 g/mol. The quantitative estimate of drug-likeness (QED) is 0.813. The maximum atomic E-state index is 12.5. The lowest BCUT2D eigenvalue weighted by Crippen LogP contribution is -2.27. The Hall–Kier alpha value is -1.15. The molecule has 0 bridgehead atoms. The van der Waals surface area contributed by atoms with Crippen molar-refractivity contribution in [1.82, 2.24) is 9.29 Å². The molecule has 2 rings (SSSR count). The summed E-state index contributed by atoms with van der Waals surface area (Å²) in [5, 5.41) is 9.63. The van der Waals surface area contributed by atoms with Crippen molar-refractivity contribution in [2.24, 2.45) is 0 Å². The Morgan fingerprint density at radius 1 is 1.38 bits per heavy atom. The molecule has 0 radical (unpaired) electrons. The molecule has 1 aromatic carbocycles. The van der Waals surface area contributed by atoms with E-state index < -0.39 is 10.0 Å². The summed E-state index contributed by atoms with van der Waals surface area (Å²) in [6, 6.07) is 7.95. The van der Waals surface area contributed by atoms with Crippen molar-refractivity contribution in [3.05, 3.63) is 51.7 Å². The second-order valence-corrected chi connectivity index (χ2v) is 7.62. The van der Waals surface area contributed by atoms with E-state index in [1.807, 2.05) is 0 Å². The van der Waals surface area contributed by atoms with Gasteiger partial charge in [0, 0.05) is 29.8 Å². The molecule has 1 heterocycles. The highest BCUT2D eigenvalue weighted by molar-refractivity contribution is 9.10. The molecular weight excluding hydrogens is 380 g/mol. The number of rotatable bonds is 4. The first-order valence-electron chi connectivity index (χ1n) is 5.86. The van der Waals surface area contributed by atoms with Gasteiger partial charge in [-0.05, 0) is 28.1 Å². The number of hydrogen-bond acceptors (Lipinski definition) is 4. The van der Waals surface area contributed by atoms with Crippen molar-refractivity contribution in [2.45, 2.75) is 11.4 Å². The van der Waals surface area contributed by atoms with Gasteiger partial charge in [-0.3, -0.25) is 0 Å². The SMILES string of the molecule is CN(Cc1ccccc1O)S(=O)(=O)c1cc(Br)cnc1Cl. The van der Waals surface area contributed by atoms with Gasteiger partial charge < -0.3 is 5.11 Å². The van der Waals surface area contributed by atoms with Crippen LogP contribution >= 0.6 is 27.5 Å². The summed E-state index contributed by atoms with van der Waals surface area (Å²) in [6.45, 7) is 0.0256. The zero-order valence-electron chi connectivity index (χ0n) is 11.0. The summed E-state index contributed by atoms with van der Waals surface area (Å²) in [5.41, 5.74) is 0.502. The number of para-hydroxylation sites is 1. The zero-order valence-corrected chi connectivity index (χ0v) is 14.2. The predicted octanol–water partition coefficient (Wildman–Crippen LogP) is 3.02. The third kappa shape index (κ3) is 3.55. The topological polar surface area (TPSA) is 70.5 Å². The number of aromatic hydroxyl groups is 1. The van der Waals surface area contributed by atoms with Crippen molar-refractivity contribution in [2.75, 3.05) is 7.05 Å². The first-order valence-corrected chi connectivity index (χ1v) is 8.47. The smallest absolute Gasteiger partial charge is 0.246 e. The summed E-state index contributed by atoms with van der Waals surface area (Å²) in [6.07, 6.45) is 1.42. The van der Waals surface area contributed by atoms with Crippen LogP contribution in [0, 0.1) is 0 Å². The Bertz CT molecular complexity index is 768. The molecule has 0 aliphatic carbocycles. The van der Waals surface area contributed by atoms with Crippen molar-refractivity contribution in [3.63, 3.8) is 0 Å². The van der Waals surface area contributed by atoms with Gasteiger partial charge >= 0.3 is 0 Å². The largest absolute Gasteiger partial charge is 0.508 e. The van der Waals surface area contributed by atoms with E-state index in [0.717, 1.165) is 4.31 Å². The molecule has 5 nitrogen and oxygen atoms in total. The summed E-state index contributed by atoms with van der Waals surface area (Å²) < 4.78 is 26.7. The van der Waals surface area contributed by atoms with Crippen LogP contribution in [0.5, 0.6) is 5.75 Å². The average Bonchev–Trinajstić information content (AvgIpc) is 2.43. The van der Waals surface area contributed by atoms with Gasteiger partial charge in [-0.15, -0.1) is 0 Å². The highest BCUT2D eigenvalue weighted by Gasteiger charge is 2.25. The summed E-state index contributed by atoms with van der Waals surface area (Å²) in [5.74, 6) is 0.0398. The Morgan fingerprint density at radius 3 is 2.71 bits per heavy atom. The second-order valence-electron chi connectivity index (χ2n) is 4.33. The number of phenols is 1. The van der Waals surface area contributed by atoms with E-state index in [2.05, 4.69) is 20.9 Å². The molecule has 0 atom stereocenters. The Labute approximate surface area is 136 Å². The number of aromatic nitrogens is 1. The molecule has 0 unspecified atom stereocenters. The van der Waals surface area contributed by atoms with Gasteiger partial charge in [-0.1, -0.05) is 29.8 Å². The molecule has 0 fully saturated rings. The minimum atomic E-state index is -3.81. The molecule has 0 aliphatic rings. The first kappa shape index (κ1) is 16.2. The summed E-state index contributed by atoms with van der Waals surface area (Å²) >= 11 is 9.04. The minimum Gasteiger partial charge on any atom is -0.508 e. The maximum absolute atomic E-state index is 12.5. The number of sulfonamides is 1. The Morgan fingerprint density at radius 2 is 2.05 bits per heavy atom. The summed E-state index contributed by atoms with van der Waals surface area (Å²) in [4.78, 5) is 3.73. The molecule has 0 amide bonds. The highest BCUT2D eigenvalue weighted by Crippen LogP contribution is 2.27. The standard InChI is InChI=1S/C13H12BrClN2O3S/c1-17(8-9-4-2-3-5-11(9)18)21(19,20)12-6-10(14)7-16-13(12)15/h2-7,18H,8H2,1H3. The molecule has 0 aliphatic heterocycles. The zero-order chi connectivity index (χ0) is 15.6. The number of phenolic OH excluding ortho intramolecular Hbond substituents is 1. The lowest BCUT2D eigenvalue weighted by atomic mass is 10.2. The number of hydrogen-bond donors (Lipinski definition) is 1. The van der Waals surface area contributed by atoms with Gasteiger partial charge in [-0.25, -0.2) is 13.4 Å². The van der Waals surface area contributed by atoms with Crippen LogP contribution in [0.1, 0.15) is 5.56 Å². The predicted molar refractivity (Wildman–Crippen MR) is 83.7 cm³/mol. The van der Waals surface area contributed by atoms with Gasteiger partial charge in [-0.2, -0.15) is 4.31 Å². The lowest BCUT2D eigenvalue weighted by Gasteiger charge is -2.18. The van der Waals surface area contributed by atoms with Crippen LogP contribution in [-0.4, -0.2) is 29.9 Å². The van der Waals surface area contributed by atoms with Crippen LogP contribution in [0.15, 0.2) is 45.9 Å². The van der Waals surface area contributed by atoms with Gasteiger partial charge in [0.2, 0.25) is 10.0 Å². The van der Waals surface area contributed by atoms with Crippen LogP contribution in [0.4, 0.5) is 0 Å². The fraction of sp³-hybridized carbons (Fsp3) is 0.154. The van der Waals surface area contributed by atoms with Crippen molar-refractivity contribution in [1.29, 1.82) is 0 Å². The molecule has 21 heavy (non-hydrogen) atoms. The van der Waals surface area contributed by atoms with Crippen LogP contribution in [-0.2, 0) is 16.6 Å². The fourth-order valence-corrected chi connectivity index (χ4v) is 3.79. The number of benzene rings is 1. The lowest BCUT2D eigenvalue weighted by molar-refractivity contribution is 0.435.